The van der Waals surface area contributed by atoms with Crippen molar-refractivity contribution in [3.05, 3.63) is 46.1 Å². The van der Waals surface area contributed by atoms with E-state index in [1.165, 1.54) is 12.1 Å². The first-order valence-corrected chi connectivity index (χ1v) is 4.01. The number of ether oxygens (including phenoxy) is 1. The summed E-state index contributed by atoms with van der Waals surface area (Å²) in [6.07, 6.45) is 0. The van der Waals surface area contributed by atoms with Gasteiger partial charge in [0.1, 0.15) is 0 Å². The fourth-order valence-corrected chi connectivity index (χ4v) is 0.901. The monoisotopic (exact) mass is 178 g/mol. The third-order valence-corrected chi connectivity index (χ3v) is 1.46. The van der Waals surface area contributed by atoms with Crippen LogP contribution in [0.25, 0.3) is 0 Å². The van der Waals surface area contributed by atoms with Crippen LogP contribution >= 0.6 is 0 Å². The van der Waals surface area contributed by atoms with Gasteiger partial charge in [-0.1, -0.05) is 12.1 Å². The summed E-state index contributed by atoms with van der Waals surface area (Å²) in [6.45, 7) is 2.03. The molecule has 0 atom stereocenters. The maximum atomic E-state index is 11.2. The van der Waals surface area contributed by atoms with Crippen LogP contribution in [0.15, 0.2) is 35.1 Å². The van der Waals surface area contributed by atoms with Gasteiger partial charge >= 0.3 is 5.97 Å². The van der Waals surface area contributed by atoms with Crippen LogP contribution in [0.5, 0.6) is 0 Å². The van der Waals surface area contributed by atoms with Crippen LogP contribution in [0.2, 0.25) is 0 Å². The molecule has 0 aliphatic carbocycles. The number of hydrogen-bond donors (Lipinski definition) is 0. The van der Waals surface area contributed by atoms with E-state index < -0.39 is 5.97 Å². The number of hydrogen-bond acceptors (Lipinski definition) is 3. The predicted octanol–water partition coefficient (Wildman–Crippen LogP) is 1.22. The zero-order valence-electron chi connectivity index (χ0n) is 7.32. The van der Waals surface area contributed by atoms with Crippen molar-refractivity contribution in [2.45, 2.75) is 6.92 Å². The van der Waals surface area contributed by atoms with Gasteiger partial charge in [0.05, 0.1) is 12.2 Å². The van der Waals surface area contributed by atoms with E-state index in [0.717, 1.165) is 0 Å². The zero-order valence-corrected chi connectivity index (χ0v) is 7.32. The van der Waals surface area contributed by atoms with Gasteiger partial charge in [-0.25, -0.2) is 4.79 Å². The van der Waals surface area contributed by atoms with Crippen molar-refractivity contribution in [2.75, 3.05) is 6.61 Å². The lowest BCUT2D eigenvalue weighted by molar-refractivity contribution is 0.0526. The Morgan fingerprint density at radius 1 is 1.38 bits per heavy atom. The lowest BCUT2D eigenvalue weighted by Gasteiger charge is -1.97. The Morgan fingerprint density at radius 3 is 2.77 bits per heavy atom. The molecule has 0 aliphatic heterocycles. The normalized spacial score (nSPS) is 9.31. The molecule has 0 aliphatic rings. The first kappa shape index (κ1) is 9.45. The fraction of sp³-hybridized carbons (Fsp3) is 0.200. The molecule has 1 aromatic carbocycles. The smallest absolute Gasteiger partial charge is 0.338 e. The van der Waals surface area contributed by atoms with Gasteiger partial charge in [0.2, 0.25) is 0 Å². The summed E-state index contributed by atoms with van der Waals surface area (Å²) in [4.78, 5) is 22.2. The van der Waals surface area contributed by atoms with Gasteiger partial charge in [-0.3, -0.25) is 4.79 Å². The molecule has 3 heteroatoms. The third kappa shape index (κ3) is 2.71. The van der Waals surface area contributed by atoms with Crippen molar-refractivity contribution in [1.29, 1.82) is 0 Å². The molecule has 0 spiro atoms. The first-order valence-electron chi connectivity index (χ1n) is 4.01. The van der Waals surface area contributed by atoms with Crippen LogP contribution in [-0.2, 0) is 4.74 Å². The minimum absolute atomic E-state index is 0.201. The Morgan fingerprint density at radius 2 is 2.08 bits per heavy atom. The highest BCUT2D eigenvalue weighted by molar-refractivity contribution is 5.89. The van der Waals surface area contributed by atoms with Crippen molar-refractivity contribution in [3.8, 4) is 0 Å². The molecule has 68 valence electrons. The highest BCUT2D eigenvalue weighted by Crippen LogP contribution is 1.96. The van der Waals surface area contributed by atoms with E-state index in [1.54, 1.807) is 25.1 Å². The zero-order chi connectivity index (χ0) is 9.68. The molecule has 13 heavy (non-hydrogen) atoms. The van der Waals surface area contributed by atoms with Crippen LogP contribution in [-0.4, -0.2) is 12.6 Å². The summed E-state index contributed by atoms with van der Waals surface area (Å²) >= 11 is 0. The molecule has 3 nitrogen and oxygen atoms in total. The van der Waals surface area contributed by atoms with Crippen molar-refractivity contribution in [3.63, 3.8) is 0 Å². The summed E-state index contributed by atoms with van der Waals surface area (Å²) in [5.41, 5.74) is 0.0879. The highest BCUT2D eigenvalue weighted by atomic mass is 16.5. The summed E-state index contributed by atoms with van der Waals surface area (Å²) in [7, 11) is 0. The van der Waals surface area contributed by atoms with Crippen molar-refractivity contribution < 1.29 is 9.53 Å². The van der Waals surface area contributed by atoms with Crippen molar-refractivity contribution in [2.24, 2.45) is 0 Å². The average Bonchev–Trinajstić information content (AvgIpc) is 2.30. The number of carbonyl (C=O) groups excluding carboxylic acids is 1. The molecule has 0 aromatic heterocycles. The van der Waals surface area contributed by atoms with Crippen LogP contribution < -0.4 is 5.43 Å². The molecule has 1 rings (SSSR count). The molecule has 0 amide bonds. The predicted molar refractivity (Wildman–Crippen MR) is 48.7 cm³/mol. The lowest BCUT2D eigenvalue weighted by atomic mass is 10.3. The molecule has 0 unspecified atom stereocenters. The summed E-state index contributed by atoms with van der Waals surface area (Å²) < 4.78 is 4.75. The maximum Gasteiger partial charge on any atom is 0.338 e. The summed E-state index contributed by atoms with van der Waals surface area (Å²) in [5.74, 6) is -0.462. The Balaban J connectivity index is 3.03. The molecule has 0 saturated heterocycles. The Hall–Kier alpha value is -1.64. The molecular weight excluding hydrogens is 168 g/mol. The Kier molecular flexibility index (Phi) is 3.20. The Labute approximate surface area is 76.0 Å². The van der Waals surface area contributed by atoms with Gasteiger partial charge in [0, 0.05) is 0 Å². The van der Waals surface area contributed by atoms with E-state index >= 15 is 0 Å². The highest BCUT2D eigenvalue weighted by Gasteiger charge is 2.03. The molecule has 0 heterocycles. The van der Waals surface area contributed by atoms with Crippen molar-refractivity contribution >= 4 is 5.97 Å². The van der Waals surface area contributed by atoms with E-state index in [1.807, 2.05) is 0 Å². The van der Waals surface area contributed by atoms with E-state index in [0.29, 0.717) is 6.61 Å². The number of esters is 1. The number of carbonyl (C=O) groups is 1. The third-order valence-electron chi connectivity index (χ3n) is 1.46. The largest absolute Gasteiger partial charge is 0.462 e. The average molecular weight is 178 g/mol. The molecule has 1 aromatic rings. The SMILES string of the molecule is CCOC(=O)c1ccccc(=O)c1. The van der Waals surface area contributed by atoms with E-state index in [2.05, 4.69) is 0 Å². The fourth-order valence-electron chi connectivity index (χ4n) is 0.901. The second kappa shape index (κ2) is 4.40. The number of rotatable bonds is 2. The van der Waals surface area contributed by atoms with Gasteiger partial charge in [0.25, 0.3) is 0 Å². The molecule has 0 bridgehead atoms. The molecule has 0 saturated carbocycles. The second-order valence-electron chi connectivity index (χ2n) is 2.44. The molecule has 0 N–H and O–H groups in total. The van der Waals surface area contributed by atoms with Crippen LogP contribution in [0.4, 0.5) is 0 Å². The summed E-state index contributed by atoms with van der Waals surface area (Å²) in [6, 6.07) is 7.43. The maximum absolute atomic E-state index is 11.2. The quantitative estimate of drug-likeness (QED) is 0.639. The topological polar surface area (TPSA) is 43.4 Å². The second-order valence-corrected chi connectivity index (χ2v) is 2.44. The van der Waals surface area contributed by atoms with Gasteiger partial charge < -0.3 is 4.74 Å². The molecule has 0 fully saturated rings. The lowest BCUT2D eigenvalue weighted by Crippen LogP contribution is -2.05. The van der Waals surface area contributed by atoms with Crippen LogP contribution in [0.3, 0.4) is 0 Å². The van der Waals surface area contributed by atoms with E-state index in [-0.39, 0.29) is 11.0 Å². The van der Waals surface area contributed by atoms with Gasteiger partial charge in [-0.15, -0.1) is 0 Å². The Bertz CT molecular complexity index is 357. The standard InChI is InChI=1S/C10H10O3/c1-2-13-10(12)8-5-3-4-6-9(11)7-8/h3-7H,2H2,1H3. The minimum atomic E-state index is -0.462. The van der Waals surface area contributed by atoms with Crippen LogP contribution in [0.1, 0.15) is 17.3 Å². The first-order chi connectivity index (χ1) is 6.24. The van der Waals surface area contributed by atoms with E-state index in [9.17, 15) is 9.59 Å². The van der Waals surface area contributed by atoms with Gasteiger partial charge in [0.15, 0.2) is 5.43 Å². The van der Waals surface area contributed by atoms with E-state index in [4.69, 9.17) is 4.74 Å². The van der Waals surface area contributed by atoms with Crippen LogP contribution in [0, 0.1) is 0 Å². The summed E-state index contributed by atoms with van der Waals surface area (Å²) in [5, 5.41) is 0. The van der Waals surface area contributed by atoms with Crippen molar-refractivity contribution in [1.82, 2.24) is 0 Å². The van der Waals surface area contributed by atoms with Gasteiger partial charge in [-0.2, -0.15) is 0 Å². The molecular formula is C10H10O3. The molecule has 0 radical (unpaired) electrons. The minimum Gasteiger partial charge on any atom is -0.462 e. The van der Waals surface area contributed by atoms with Gasteiger partial charge in [-0.05, 0) is 25.1 Å².